The van der Waals surface area contributed by atoms with Crippen molar-refractivity contribution in [3.8, 4) is 0 Å². The van der Waals surface area contributed by atoms with Crippen LogP contribution >= 0.6 is 0 Å². The first kappa shape index (κ1) is 18.9. The number of nitrogens with one attached hydrogen (secondary N) is 1. The number of hydrogen-bond acceptors (Lipinski definition) is 3. The summed E-state index contributed by atoms with van der Waals surface area (Å²) in [5, 5.41) is 3.64. The summed E-state index contributed by atoms with van der Waals surface area (Å²) in [6.07, 6.45) is 4.92. The fourth-order valence-electron chi connectivity index (χ4n) is 2.99. The number of ether oxygens (including phenoxy) is 2. The molecule has 1 N–H and O–H groups in total. The van der Waals surface area contributed by atoms with E-state index >= 15 is 0 Å². The van der Waals surface area contributed by atoms with E-state index in [0.717, 1.165) is 25.3 Å². The van der Waals surface area contributed by atoms with Crippen LogP contribution in [0.3, 0.4) is 0 Å². The van der Waals surface area contributed by atoms with Crippen LogP contribution in [0, 0.1) is 5.92 Å². The molecule has 0 aromatic heterocycles. The second-order valence-corrected chi connectivity index (χ2v) is 8.80. The van der Waals surface area contributed by atoms with E-state index in [9.17, 15) is 0 Å². The van der Waals surface area contributed by atoms with E-state index in [2.05, 4.69) is 53.8 Å². The molecule has 1 fully saturated rings. The summed E-state index contributed by atoms with van der Waals surface area (Å²) < 4.78 is 12.1. The molecular weight excluding hydrogens is 262 g/mol. The van der Waals surface area contributed by atoms with Crippen molar-refractivity contribution in [3.05, 3.63) is 0 Å². The van der Waals surface area contributed by atoms with E-state index in [1.54, 1.807) is 0 Å². The Labute approximate surface area is 132 Å². The Kier molecular flexibility index (Phi) is 6.70. The minimum absolute atomic E-state index is 0.00775. The van der Waals surface area contributed by atoms with Gasteiger partial charge in [0.05, 0.1) is 24.4 Å². The minimum Gasteiger partial charge on any atom is -0.373 e. The van der Waals surface area contributed by atoms with Gasteiger partial charge in [-0.25, -0.2) is 0 Å². The lowest BCUT2D eigenvalue weighted by Gasteiger charge is -2.42. The number of hydrogen-bond donors (Lipinski definition) is 1. The van der Waals surface area contributed by atoms with Crippen LogP contribution in [-0.4, -0.2) is 36.5 Å². The Morgan fingerprint density at radius 1 is 1.10 bits per heavy atom. The maximum Gasteiger partial charge on any atom is 0.0810 e. The molecule has 2 atom stereocenters. The molecule has 0 spiro atoms. The SMILES string of the molecule is CC1CCCC(CNC(C)(C)C)(OCCOC(C)(C)C)C1. The minimum atomic E-state index is -0.0833. The Morgan fingerprint density at radius 2 is 1.76 bits per heavy atom. The standard InChI is InChI=1S/C18H37NO2/c1-15-9-8-10-18(13-15,14-19-16(2,3)4)21-12-11-20-17(5,6)7/h15,19H,8-14H2,1-7H3. The van der Waals surface area contributed by atoms with Crippen molar-refractivity contribution in [3.63, 3.8) is 0 Å². The largest absolute Gasteiger partial charge is 0.373 e. The molecule has 1 aliphatic rings. The lowest BCUT2D eigenvalue weighted by atomic mass is 9.78. The van der Waals surface area contributed by atoms with E-state index in [1.165, 1.54) is 12.8 Å². The molecule has 0 aromatic rings. The lowest BCUT2D eigenvalue weighted by Crippen LogP contribution is -2.51. The number of rotatable bonds is 6. The Hall–Kier alpha value is -0.120. The molecule has 3 nitrogen and oxygen atoms in total. The predicted molar refractivity (Wildman–Crippen MR) is 89.8 cm³/mol. The summed E-state index contributed by atoms with van der Waals surface area (Å²) in [4.78, 5) is 0. The Balaban J connectivity index is 2.52. The Bertz CT molecular complexity index is 303. The van der Waals surface area contributed by atoms with Crippen molar-refractivity contribution >= 4 is 0 Å². The highest BCUT2D eigenvalue weighted by Crippen LogP contribution is 2.35. The van der Waals surface area contributed by atoms with Crippen molar-refractivity contribution in [2.45, 2.75) is 90.9 Å². The second kappa shape index (κ2) is 7.43. The van der Waals surface area contributed by atoms with Gasteiger partial charge in [-0.15, -0.1) is 0 Å². The van der Waals surface area contributed by atoms with Gasteiger partial charge in [0, 0.05) is 12.1 Å². The zero-order valence-electron chi connectivity index (χ0n) is 15.3. The van der Waals surface area contributed by atoms with Gasteiger partial charge in [0.15, 0.2) is 0 Å². The first-order valence-electron chi connectivity index (χ1n) is 8.54. The van der Waals surface area contributed by atoms with Crippen molar-refractivity contribution in [2.75, 3.05) is 19.8 Å². The maximum atomic E-state index is 6.34. The van der Waals surface area contributed by atoms with Crippen molar-refractivity contribution < 1.29 is 9.47 Å². The molecule has 0 radical (unpaired) electrons. The fraction of sp³-hybridized carbons (Fsp3) is 1.00. The molecule has 0 amide bonds. The molecule has 0 aromatic carbocycles. The average molecular weight is 299 g/mol. The average Bonchev–Trinajstić information content (AvgIpc) is 2.31. The molecule has 0 heterocycles. The highest BCUT2D eigenvalue weighted by molar-refractivity contribution is 4.91. The van der Waals surface area contributed by atoms with Gasteiger partial charge in [-0.1, -0.05) is 19.8 Å². The fourth-order valence-corrected chi connectivity index (χ4v) is 2.99. The molecule has 126 valence electrons. The molecule has 1 aliphatic carbocycles. The van der Waals surface area contributed by atoms with Crippen LogP contribution in [0.5, 0.6) is 0 Å². The summed E-state index contributed by atoms with van der Waals surface area (Å²) in [6, 6.07) is 0. The van der Waals surface area contributed by atoms with Crippen molar-refractivity contribution in [2.24, 2.45) is 5.92 Å². The van der Waals surface area contributed by atoms with Crippen LogP contribution in [0.4, 0.5) is 0 Å². The van der Waals surface area contributed by atoms with Crippen LogP contribution < -0.4 is 5.32 Å². The first-order chi connectivity index (χ1) is 9.52. The molecule has 1 saturated carbocycles. The van der Waals surface area contributed by atoms with Crippen molar-refractivity contribution in [1.29, 1.82) is 0 Å². The van der Waals surface area contributed by atoms with E-state index in [1.807, 2.05) is 0 Å². The molecule has 3 heteroatoms. The molecule has 0 aliphatic heterocycles. The predicted octanol–water partition coefficient (Wildman–Crippen LogP) is 4.16. The van der Waals surface area contributed by atoms with E-state index in [-0.39, 0.29) is 16.7 Å². The normalized spacial score (nSPS) is 27.9. The Morgan fingerprint density at radius 3 is 2.29 bits per heavy atom. The highest BCUT2D eigenvalue weighted by atomic mass is 16.5. The lowest BCUT2D eigenvalue weighted by molar-refractivity contribution is -0.113. The van der Waals surface area contributed by atoms with Crippen LogP contribution in [0.25, 0.3) is 0 Å². The topological polar surface area (TPSA) is 30.5 Å². The molecule has 1 rings (SSSR count). The molecule has 0 saturated heterocycles. The summed E-state index contributed by atoms with van der Waals surface area (Å²) in [6.45, 7) is 17.6. The smallest absolute Gasteiger partial charge is 0.0810 e. The van der Waals surface area contributed by atoms with Gasteiger partial charge in [0.1, 0.15) is 0 Å². The van der Waals surface area contributed by atoms with E-state index in [0.29, 0.717) is 13.2 Å². The monoisotopic (exact) mass is 299 g/mol. The van der Waals surface area contributed by atoms with Crippen LogP contribution in [0.2, 0.25) is 0 Å². The van der Waals surface area contributed by atoms with Gasteiger partial charge in [-0.2, -0.15) is 0 Å². The van der Waals surface area contributed by atoms with E-state index < -0.39 is 0 Å². The quantitative estimate of drug-likeness (QED) is 0.747. The summed E-state index contributed by atoms with van der Waals surface area (Å²) in [5.74, 6) is 0.754. The third-order valence-corrected chi connectivity index (χ3v) is 4.02. The molecule has 2 unspecified atom stereocenters. The van der Waals surface area contributed by atoms with E-state index in [4.69, 9.17) is 9.47 Å². The van der Waals surface area contributed by atoms with Crippen LogP contribution in [-0.2, 0) is 9.47 Å². The van der Waals surface area contributed by atoms with Crippen LogP contribution in [0.1, 0.15) is 74.1 Å². The first-order valence-corrected chi connectivity index (χ1v) is 8.54. The third-order valence-electron chi connectivity index (χ3n) is 4.02. The van der Waals surface area contributed by atoms with Gasteiger partial charge in [0.2, 0.25) is 0 Å². The van der Waals surface area contributed by atoms with Gasteiger partial charge >= 0.3 is 0 Å². The summed E-state index contributed by atoms with van der Waals surface area (Å²) >= 11 is 0. The van der Waals surface area contributed by atoms with Gasteiger partial charge in [-0.3, -0.25) is 0 Å². The second-order valence-electron chi connectivity index (χ2n) is 8.80. The maximum absolute atomic E-state index is 6.34. The third kappa shape index (κ3) is 8.18. The van der Waals surface area contributed by atoms with Gasteiger partial charge < -0.3 is 14.8 Å². The van der Waals surface area contributed by atoms with Crippen LogP contribution in [0.15, 0.2) is 0 Å². The molecular formula is C18H37NO2. The highest BCUT2D eigenvalue weighted by Gasteiger charge is 2.36. The van der Waals surface area contributed by atoms with Gasteiger partial charge in [0.25, 0.3) is 0 Å². The molecule has 0 bridgehead atoms. The van der Waals surface area contributed by atoms with Gasteiger partial charge in [-0.05, 0) is 60.3 Å². The summed E-state index contributed by atoms with van der Waals surface area (Å²) in [5.41, 5.74) is 0.0468. The van der Waals surface area contributed by atoms with Crippen molar-refractivity contribution in [1.82, 2.24) is 5.32 Å². The molecule has 21 heavy (non-hydrogen) atoms. The zero-order chi connectivity index (χ0) is 16.1. The summed E-state index contributed by atoms with van der Waals surface area (Å²) in [7, 11) is 0. The zero-order valence-corrected chi connectivity index (χ0v) is 15.3.